The zero-order valence-corrected chi connectivity index (χ0v) is 16.1. The largest absolute Gasteiger partial charge is 0.441 e. The van der Waals surface area contributed by atoms with Crippen molar-refractivity contribution in [3.63, 3.8) is 0 Å². The Labute approximate surface area is 160 Å². The number of benzene rings is 2. The van der Waals surface area contributed by atoms with Gasteiger partial charge < -0.3 is 9.73 Å². The van der Waals surface area contributed by atoms with Gasteiger partial charge in [-0.05, 0) is 30.3 Å². The van der Waals surface area contributed by atoms with Crippen LogP contribution in [0.25, 0.3) is 11.3 Å². The molecule has 1 heterocycles. The Balaban J connectivity index is 1.58. The molecule has 4 nitrogen and oxygen atoms in total. The molecule has 128 valence electrons. The van der Waals surface area contributed by atoms with Gasteiger partial charge in [0.15, 0.2) is 11.7 Å². The van der Waals surface area contributed by atoms with E-state index in [1.54, 1.807) is 12.3 Å². The lowest BCUT2D eigenvalue weighted by molar-refractivity contribution is -0.116. The SMILES string of the molecule is O=C(CCc1ncc(-c2ccc(Br)cc2)o1)Nc1ccc(Br)cc1F. The molecule has 3 rings (SSSR count). The molecule has 0 unspecified atom stereocenters. The molecule has 0 bridgehead atoms. The van der Waals surface area contributed by atoms with Crippen molar-refractivity contribution in [1.29, 1.82) is 0 Å². The number of hydrogen-bond donors (Lipinski definition) is 1. The third-order valence-electron chi connectivity index (χ3n) is 3.45. The molecule has 0 radical (unpaired) electrons. The number of nitrogens with zero attached hydrogens (tertiary/aromatic N) is 1. The van der Waals surface area contributed by atoms with Crippen LogP contribution in [0.3, 0.4) is 0 Å². The predicted octanol–water partition coefficient (Wildman–Crippen LogP) is 5.58. The smallest absolute Gasteiger partial charge is 0.224 e. The van der Waals surface area contributed by atoms with Crippen molar-refractivity contribution in [3.05, 3.63) is 69.3 Å². The number of aromatic nitrogens is 1. The second-order valence-corrected chi connectivity index (χ2v) is 7.13. The number of nitrogens with one attached hydrogen (secondary N) is 1. The zero-order valence-electron chi connectivity index (χ0n) is 12.9. The summed E-state index contributed by atoms with van der Waals surface area (Å²) in [5.74, 6) is 0.312. The number of halogens is 3. The molecule has 0 saturated carbocycles. The number of carbonyl (C=O) groups is 1. The van der Waals surface area contributed by atoms with E-state index in [0.717, 1.165) is 10.0 Å². The Morgan fingerprint density at radius 3 is 2.56 bits per heavy atom. The van der Waals surface area contributed by atoms with Gasteiger partial charge in [0, 0.05) is 27.4 Å². The molecule has 25 heavy (non-hydrogen) atoms. The average Bonchev–Trinajstić information content (AvgIpc) is 3.05. The fourth-order valence-electron chi connectivity index (χ4n) is 2.20. The van der Waals surface area contributed by atoms with Crippen LogP contribution in [0.2, 0.25) is 0 Å². The molecule has 1 amide bonds. The Morgan fingerprint density at radius 1 is 1.12 bits per heavy atom. The van der Waals surface area contributed by atoms with E-state index < -0.39 is 5.82 Å². The van der Waals surface area contributed by atoms with Crippen molar-refractivity contribution in [3.8, 4) is 11.3 Å². The highest BCUT2D eigenvalue weighted by molar-refractivity contribution is 9.10. The lowest BCUT2D eigenvalue weighted by atomic mass is 10.2. The first kappa shape index (κ1) is 17.8. The Bertz CT molecular complexity index is 894. The molecular formula is C18H13Br2FN2O2. The first-order chi connectivity index (χ1) is 12.0. The second kappa shape index (κ2) is 7.93. The van der Waals surface area contributed by atoms with Gasteiger partial charge in [0.05, 0.1) is 11.9 Å². The highest BCUT2D eigenvalue weighted by Gasteiger charge is 2.11. The average molecular weight is 468 g/mol. The number of aryl methyl sites for hydroxylation is 1. The van der Waals surface area contributed by atoms with Crippen LogP contribution in [-0.4, -0.2) is 10.9 Å². The van der Waals surface area contributed by atoms with Crippen molar-refractivity contribution >= 4 is 43.5 Å². The lowest BCUT2D eigenvalue weighted by Crippen LogP contribution is -2.13. The monoisotopic (exact) mass is 466 g/mol. The predicted molar refractivity (Wildman–Crippen MR) is 101 cm³/mol. The van der Waals surface area contributed by atoms with Gasteiger partial charge in [-0.1, -0.05) is 44.0 Å². The fourth-order valence-corrected chi connectivity index (χ4v) is 2.79. The van der Waals surface area contributed by atoms with Crippen molar-refractivity contribution < 1.29 is 13.6 Å². The van der Waals surface area contributed by atoms with Crippen molar-refractivity contribution in [2.75, 3.05) is 5.32 Å². The molecule has 1 N–H and O–H groups in total. The normalized spacial score (nSPS) is 10.7. The van der Waals surface area contributed by atoms with E-state index in [2.05, 4.69) is 42.2 Å². The summed E-state index contributed by atoms with van der Waals surface area (Å²) >= 11 is 6.55. The van der Waals surface area contributed by atoms with Gasteiger partial charge in [-0.2, -0.15) is 0 Å². The van der Waals surface area contributed by atoms with Crippen LogP contribution in [0, 0.1) is 5.82 Å². The highest BCUT2D eigenvalue weighted by Crippen LogP contribution is 2.23. The Morgan fingerprint density at radius 2 is 1.84 bits per heavy atom. The molecular weight excluding hydrogens is 455 g/mol. The van der Waals surface area contributed by atoms with Gasteiger partial charge in [0.1, 0.15) is 5.82 Å². The summed E-state index contributed by atoms with van der Waals surface area (Å²) in [6, 6.07) is 12.1. The molecule has 0 aliphatic carbocycles. The van der Waals surface area contributed by atoms with Crippen molar-refractivity contribution in [2.24, 2.45) is 0 Å². The molecule has 0 aliphatic rings. The Kier molecular flexibility index (Phi) is 5.65. The van der Waals surface area contributed by atoms with E-state index in [0.29, 0.717) is 22.5 Å². The number of anilines is 1. The van der Waals surface area contributed by atoms with E-state index >= 15 is 0 Å². The third-order valence-corrected chi connectivity index (χ3v) is 4.48. The van der Waals surface area contributed by atoms with Gasteiger partial charge in [-0.15, -0.1) is 0 Å². The maximum absolute atomic E-state index is 13.7. The minimum absolute atomic E-state index is 0.149. The van der Waals surface area contributed by atoms with E-state index in [1.165, 1.54) is 12.1 Å². The maximum atomic E-state index is 13.7. The van der Waals surface area contributed by atoms with Crippen LogP contribution >= 0.6 is 31.9 Å². The molecule has 2 aromatic carbocycles. The topological polar surface area (TPSA) is 55.1 Å². The van der Waals surface area contributed by atoms with E-state index in [-0.39, 0.29) is 18.0 Å². The first-order valence-corrected chi connectivity index (χ1v) is 9.05. The second-order valence-electron chi connectivity index (χ2n) is 5.30. The van der Waals surface area contributed by atoms with Gasteiger partial charge >= 0.3 is 0 Å². The highest BCUT2D eigenvalue weighted by atomic mass is 79.9. The molecule has 0 aliphatic heterocycles. The zero-order chi connectivity index (χ0) is 17.8. The van der Waals surface area contributed by atoms with E-state index in [9.17, 15) is 9.18 Å². The summed E-state index contributed by atoms with van der Waals surface area (Å²) in [4.78, 5) is 16.2. The molecule has 7 heteroatoms. The number of hydrogen-bond acceptors (Lipinski definition) is 3. The molecule has 0 fully saturated rings. The van der Waals surface area contributed by atoms with E-state index in [4.69, 9.17) is 4.42 Å². The number of amides is 1. The molecule has 0 spiro atoms. The minimum atomic E-state index is -0.489. The fraction of sp³-hybridized carbons (Fsp3) is 0.111. The van der Waals surface area contributed by atoms with E-state index in [1.807, 2.05) is 24.3 Å². The van der Waals surface area contributed by atoms with Crippen molar-refractivity contribution in [1.82, 2.24) is 4.98 Å². The quantitative estimate of drug-likeness (QED) is 0.533. The van der Waals surface area contributed by atoms with Crippen LogP contribution in [0.1, 0.15) is 12.3 Å². The maximum Gasteiger partial charge on any atom is 0.224 e. The number of carbonyl (C=O) groups excluding carboxylic acids is 1. The van der Waals surface area contributed by atoms with Gasteiger partial charge in [-0.25, -0.2) is 9.37 Å². The summed E-state index contributed by atoms with van der Waals surface area (Å²) < 4.78 is 21.0. The minimum Gasteiger partial charge on any atom is -0.441 e. The number of rotatable bonds is 5. The summed E-state index contributed by atoms with van der Waals surface area (Å²) in [5.41, 5.74) is 1.06. The molecule has 0 atom stereocenters. The van der Waals surface area contributed by atoms with Crippen LogP contribution in [0.5, 0.6) is 0 Å². The van der Waals surface area contributed by atoms with Crippen LogP contribution in [-0.2, 0) is 11.2 Å². The van der Waals surface area contributed by atoms with Gasteiger partial charge in [0.2, 0.25) is 5.91 Å². The van der Waals surface area contributed by atoms with Crippen LogP contribution < -0.4 is 5.32 Å². The summed E-state index contributed by atoms with van der Waals surface area (Å²) in [6.45, 7) is 0. The molecule has 0 saturated heterocycles. The lowest BCUT2D eigenvalue weighted by Gasteiger charge is -2.05. The standard InChI is InChI=1S/C18H13Br2FN2O2/c19-12-3-1-11(2-4-12)16-10-22-18(25-16)8-7-17(24)23-15-6-5-13(20)9-14(15)21/h1-6,9-10H,7-8H2,(H,23,24). The van der Waals surface area contributed by atoms with Gasteiger partial charge in [0.25, 0.3) is 0 Å². The summed E-state index contributed by atoms with van der Waals surface area (Å²) in [6.07, 6.45) is 2.11. The van der Waals surface area contributed by atoms with Gasteiger partial charge in [-0.3, -0.25) is 4.79 Å². The molecule has 3 aromatic rings. The Hall–Kier alpha value is -1.99. The third kappa shape index (κ3) is 4.76. The summed E-state index contributed by atoms with van der Waals surface area (Å²) in [5, 5.41) is 2.54. The van der Waals surface area contributed by atoms with Crippen LogP contribution in [0.15, 0.2) is 62.0 Å². The summed E-state index contributed by atoms with van der Waals surface area (Å²) in [7, 11) is 0. The number of oxazole rings is 1. The molecule has 1 aromatic heterocycles. The van der Waals surface area contributed by atoms with Crippen LogP contribution in [0.4, 0.5) is 10.1 Å². The first-order valence-electron chi connectivity index (χ1n) is 7.47. The van der Waals surface area contributed by atoms with Crippen molar-refractivity contribution in [2.45, 2.75) is 12.8 Å².